The van der Waals surface area contributed by atoms with Crippen molar-refractivity contribution in [3.8, 4) is 11.5 Å². The molecule has 184 valence electrons. The normalized spacial score (nSPS) is 11.0. The van der Waals surface area contributed by atoms with Gasteiger partial charge in [0.2, 0.25) is 0 Å². The van der Waals surface area contributed by atoms with Gasteiger partial charge in [-0.05, 0) is 54.3 Å². The number of hydrogen-bond donors (Lipinski definition) is 3. The number of aliphatic carboxylic acids is 1. The molecule has 3 aromatic carbocycles. The van der Waals surface area contributed by atoms with Crippen LogP contribution in [-0.2, 0) is 21.2 Å². The average molecular weight is 500 g/mol. The number of anilines is 1. The van der Waals surface area contributed by atoms with Crippen LogP contribution in [0.4, 0.5) is 5.69 Å². The number of sulfonamides is 1. The summed E-state index contributed by atoms with van der Waals surface area (Å²) < 4.78 is 40.2. The van der Waals surface area contributed by atoms with Crippen LogP contribution in [0.15, 0.2) is 71.6 Å². The van der Waals surface area contributed by atoms with E-state index in [2.05, 4.69) is 4.72 Å². The van der Waals surface area contributed by atoms with Crippen LogP contribution in [-0.4, -0.2) is 44.3 Å². The lowest BCUT2D eigenvalue weighted by molar-refractivity contribution is -0.137. The van der Waals surface area contributed by atoms with Crippen LogP contribution in [0.5, 0.6) is 11.5 Å². The second kappa shape index (κ2) is 11.4. The summed E-state index contributed by atoms with van der Waals surface area (Å²) in [5, 5.41) is 18.4. The van der Waals surface area contributed by atoms with E-state index < -0.39 is 22.0 Å². The van der Waals surface area contributed by atoms with Gasteiger partial charge >= 0.3 is 11.9 Å². The van der Waals surface area contributed by atoms with Crippen molar-refractivity contribution < 1.29 is 37.7 Å². The second-order valence-corrected chi connectivity index (χ2v) is 9.22. The van der Waals surface area contributed by atoms with E-state index in [1.165, 1.54) is 37.4 Å². The maximum Gasteiger partial charge on any atom is 0.337 e. The van der Waals surface area contributed by atoms with Crippen molar-refractivity contribution in [1.29, 1.82) is 0 Å². The van der Waals surface area contributed by atoms with Crippen LogP contribution in [0.3, 0.4) is 0 Å². The number of carboxylic acid groups (broad SMARTS) is 2. The number of hydrogen-bond acceptors (Lipinski definition) is 6. The van der Waals surface area contributed by atoms with Crippen molar-refractivity contribution in [2.75, 3.05) is 18.4 Å². The van der Waals surface area contributed by atoms with E-state index in [0.29, 0.717) is 17.7 Å². The minimum atomic E-state index is -4.25. The third kappa shape index (κ3) is 6.73. The maximum absolute atomic E-state index is 13.5. The predicted molar refractivity (Wildman–Crippen MR) is 129 cm³/mol. The van der Waals surface area contributed by atoms with Gasteiger partial charge in [0, 0.05) is 6.42 Å². The Bertz CT molecular complexity index is 1310. The van der Waals surface area contributed by atoms with Gasteiger partial charge in [-0.3, -0.25) is 9.52 Å². The smallest absolute Gasteiger partial charge is 0.337 e. The molecule has 0 bridgehead atoms. The number of aromatic carboxylic acids is 1. The highest BCUT2D eigenvalue weighted by molar-refractivity contribution is 7.92. The minimum absolute atomic E-state index is 0.0167. The molecule has 3 N–H and O–H groups in total. The van der Waals surface area contributed by atoms with E-state index >= 15 is 0 Å². The minimum Gasteiger partial charge on any atom is -0.497 e. The van der Waals surface area contributed by atoms with Crippen LogP contribution in [0.1, 0.15) is 34.3 Å². The fourth-order valence-corrected chi connectivity index (χ4v) is 4.74. The molecule has 0 aliphatic carbocycles. The molecule has 9 nitrogen and oxygen atoms in total. The van der Waals surface area contributed by atoms with Gasteiger partial charge in [-0.2, -0.15) is 0 Å². The Morgan fingerprint density at radius 2 is 1.71 bits per heavy atom. The van der Waals surface area contributed by atoms with Crippen molar-refractivity contribution in [3.05, 3.63) is 83.4 Å². The zero-order valence-corrected chi connectivity index (χ0v) is 19.7. The zero-order chi connectivity index (χ0) is 25.4. The molecule has 0 heterocycles. The summed E-state index contributed by atoms with van der Waals surface area (Å²) in [6, 6.07) is 17.9. The first kappa shape index (κ1) is 25.6. The molecule has 0 saturated carbocycles. The van der Waals surface area contributed by atoms with Gasteiger partial charge in [0.25, 0.3) is 10.0 Å². The Balaban J connectivity index is 1.99. The first-order chi connectivity index (χ1) is 16.7. The van der Waals surface area contributed by atoms with Crippen molar-refractivity contribution in [2.24, 2.45) is 0 Å². The summed E-state index contributed by atoms with van der Waals surface area (Å²) in [6.07, 6.45) is 0.320. The molecule has 0 spiro atoms. The number of ether oxygens (including phenoxy) is 2. The first-order valence-corrected chi connectivity index (χ1v) is 12.1. The summed E-state index contributed by atoms with van der Waals surface area (Å²) in [4.78, 5) is 22.5. The Labute approximate surface area is 203 Å². The Morgan fingerprint density at radius 1 is 0.971 bits per heavy atom. The van der Waals surface area contributed by atoms with Gasteiger partial charge in [0.15, 0.2) is 0 Å². The van der Waals surface area contributed by atoms with Crippen LogP contribution >= 0.6 is 0 Å². The molecular formula is C25H25NO8S. The monoisotopic (exact) mass is 499 g/mol. The number of carboxylic acids is 2. The molecule has 3 rings (SSSR count). The summed E-state index contributed by atoms with van der Waals surface area (Å²) in [5.41, 5.74) is 0.796. The van der Waals surface area contributed by atoms with Crippen LogP contribution < -0.4 is 14.2 Å². The molecule has 0 unspecified atom stereocenters. The number of methoxy groups -OCH3 is 1. The van der Waals surface area contributed by atoms with Crippen LogP contribution in [0.2, 0.25) is 0 Å². The number of benzene rings is 3. The molecule has 0 aliphatic rings. The fourth-order valence-electron chi connectivity index (χ4n) is 3.43. The van der Waals surface area contributed by atoms with Crippen molar-refractivity contribution in [3.63, 3.8) is 0 Å². The summed E-state index contributed by atoms with van der Waals surface area (Å²) in [7, 11) is -2.78. The standard InChI is InChI=1S/C25H25NO8S/c1-33-19-12-13-22(18(16-19)15-17-7-3-2-4-8-17)35(31,32)26-24-20(25(29)30)9-5-10-21(24)34-14-6-11-23(27)28/h2-5,7-10,12-13,16,26H,6,11,14-15H2,1H3,(H,27,28)(H,29,30). The first-order valence-electron chi connectivity index (χ1n) is 10.7. The molecule has 0 atom stereocenters. The van der Waals surface area contributed by atoms with Crippen molar-refractivity contribution in [1.82, 2.24) is 0 Å². The lowest BCUT2D eigenvalue weighted by Gasteiger charge is -2.18. The predicted octanol–water partition coefficient (Wildman–Crippen LogP) is 4.03. The van der Waals surface area contributed by atoms with E-state index in [9.17, 15) is 23.1 Å². The highest BCUT2D eigenvalue weighted by atomic mass is 32.2. The van der Waals surface area contributed by atoms with Crippen molar-refractivity contribution in [2.45, 2.75) is 24.2 Å². The lowest BCUT2D eigenvalue weighted by atomic mass is 10.0. The third-order valence-corrected chi connectivity index (χ3v) is 6.53. The SMILES string of the molecule is COc1ccc(S(=O)(=O)Nc2c(OCCCC(=O)O)cccc2C(=O)O)c(Cc2ccccc2)c1. The van der Waals surface area contributed by atoms with Gasteiger partial charge < -0.3 is 19.7 Å². The molecule has 0 aromatic heterocycles. The zero-order valence-electron chi connectivity index (χ0n) is 18.9. The summed E-state index contributed by atoms with van der Waals surface area (Å²) in [6.45, 7) is -0.0358. The Hall–Kier alpha value is -4.05. The number of nitrogens with one attached hydrogen (secondary N) is 1. The quantitative estimate of drug-likeness (QED) is 0.318. The van der Waals surface area contributed by atoms with E-state index in [1.807, 2.05) is 30.3 Å². The fraction of sp³-hybridized carbons (Fsp3) is 0.200. The highest BCUT2D eigenvalue weighted by Crippen LogP contribution is 2.33. The van der Waals surface area contributed by atoms with E-state index in [-0.39, 0.29) is 41.3 Å². The molecule has 35 heavy (non-hydrogen) atoms. The largest absolute Gasteiger partial charge is 0.497 e. The molecule has 0 amide bonds. The molecular weight excluding hydrogens is 474 g/mol. The second-order valence-electron chi connectivity index (χ2n) is 7.57. The van der Waals surface area contributed by atoms with Gasteiger partial charge in [-0.15, -0.1) is 0 Å². The molecule has 0 aliphatic heterocycles. The maximum atomic E-state index is 13.5. The van der Waals surface area contributed by atoms with Crippen LogP contribution in [0.25, 0.3) is 0 Å². The topological polar surface area (TPSA) is 139 Å². The average Bonchev–Trinajstić information content (AvgIpc) is 2.82. The molecule has 10 heteroatoms. The van der Waals surface area contributed by atoms with Gasteiger partial charge in [-0.25, -0.2) is 13.2 Å². The highest BCUT2D eigenvalue weighted by Gasteiger charge is 2.25. The molecule has 3 aromatic rings. The summed E-state index contributed by atoms with van der Waals surface area (Å²) >= 11 is 0. The van der Waals surface area contributed by atoms with E-state index in [0.717, 1.165) is 5.56 Å². The lowest BCUT2D eigenvalue weighted by Crippen LogP contribution is -2.18. The number of carbonyl (C=O) groups is 2. The van der Waals surface area contributed by atoms with Gasteiger partial charge in [-0.1, -0.05) is 36.4 Å². The number of rotatable bonds is 12. The molecule has 0 radical (unpaired) electrons. The van der Waals surface area contributed by atoms with E-state index in [1.54, 1.807) is 6.07 Å². The molecule has 0 saturated heterocycles. The van der Waals surface area contributed by atoms with Gasteiger partial charge in [0.1, 0.15) is 17.2 Å². The third-order valence-electron chi connectivity index (χ3n) is 5.08. The number of para-hydroxylation sites is 1. The molecule has 0 fully saturated rings. The Morgan fingerprint density at radius 3 is 2.37 bits per heavy atom. The van der Waals surface area contributed by atoms with E-state index in [4.69, 9.17) is 14.6 Å². The van der Waals surface area contributed by atoms with Crippen molar-refractivity contribution >= 4 is 27.6 Å². The summed E-state index contributed by atoms with van der Waals surface area (Å²) in [5.74, 6) is -1.89. The Kier molecular flexibility index (Phi) is 8.32. The van der Waals surface area contributed by atoms with Crippen LogP contribution in [0, 0.1) is 0 Å². The van der Waals surface area contributed by atoms with Gasteiger partial charge in [0.05, 0.1) is 24.2 Å².